The van der Waals surface area contributed by atoms with E-state index in [0.29, 0.717) is 40.9 Å². The molecule has 2 N–H and O–H groups in total. The lowest BCUT2D eigenvalue weighted by atomic mass is 10.2. The molecule has 0 bridgehead atoms. The Bertz CT molecular complexity index is 1100. The lowest BCUT2D eigenvalue weighted by molar-refractivity contribution is -0.113. The number of hydrogen-bond acceptors (Lipinski definition) is 5. The average Bonchev–Trinajstić information content (AvgIpc) is 3.15. The standard InChI is InChI=1S/C22H22FN5O2S/c1-3-12-28-20(17-10-5-6-11-18(17)23)26-27-22(28)31-14-19(29)25-16-9-7-8-15(13-16)21(30)24-4-2/h3,5-11,13H,1,4,12,14H2,2H3,(H,24,30)(H,25,29). The Morgan fingerprint density at radius 2 is 2.00 bits per heavy atom. The molecule has 0 aliphatic rings. The summed E-state index contributed by atoms with van der Waals surface area (Å²) in [7, 11) is 0. The van der Waals surface area contributed by atoms with Gasteiger partial charge in [0.15, 0.2) is 11.0 Å². The van der Waals surface area contributed by atoms with E-state index < -0.39 is 5.82 Å². The maximum atomic E-state index is 14.2. The molecule has 0 unspecified atom stereocenters. The normalized spacial score (nSPS) is 10.5. The van der Waals surface area contributed by atoms with E-state index in [1.54, 1.807) is 53.1 Å². The van der Waals surface area contributed by atoms with Gasteiger partial charge in [0.1, 0.15) is 5.82 Å². The van der Waals surface area contributed by atoms with E-state index in [2.05, 4.69) is 27.4 Å². The van der Waals surface area contributed by atoms with Gasteiger partial charge in [0.05, 0.1) is 11.3 Å². The molecular formula is C22H22FN5O2S. The highest BCUT2D eigenvalue weighted by molar-refractivity contribution is 7.99. The van der Waals surface area contributed by atoms with E-state index in [1.165, 1.54) is 17.8 Å². The number of thioether (sulfide) groups is 1. The number of anilines is 1. The fourth-order valence-electron chi connectivity index (χ4n) is 2.86. The minimum Gasteiger partial charge on any atom is -0.352 e. The van der Waals surface area contributed by atoms with Crippen molar-refractivity contribution in [2.45, 2.75) is 18.6 Å². The third-order valence-electron chi connectivity index (χ3n) is 4.22. The molecule has 0 spiro atoms. The van der Waals surface area contributed by atoms with Crippen LogP contribution in [0.1, 0.15) is 17.3 Å². The number of carbonyl (C=O) groups excluding carboxylic acids is 2. The van der Waals surface area contributed by atoms with Gasteiger partial charge in [0.2, 0.25) is 5.91 Å². The van der Waals surface area contributed by atoms with Gasteiger partial charge in [0, 0.05) is 24.3 Å². The second-order valence-corrected chi connectivity index (χ2v) is 7.40. The smallest absolute Gasteiger partial charge is 0.251 e. The van der Waals surface area contributed by atoms with Crippen LogP contribution < -0.4 is 10.6 Å². The summed E-state index contributed by atoms with van der Waals surface area (Å²) in [6.45, 7) is 6.46. The molecule has 1 heterocycles. The second kappa shape index (κ2) is 10.5. The summed E-state index contributed by atoms with van der Waals surface area (Å²) < 4.78 is 15.9. The number of nitrogens with zero attached hydrogens (tertiary/aromatic N) is 3. The fourth-order valence-corrected chi connectivity index (χ4v) is 3.61. The number of aromatic nitrogens is 3. The monoisotopic (exact) mass is 439 g/mol. The minimum absolute atomic E-state index is 0.0674. The summed E-state index contributed by atoms with van der Waals surface area (Å²) in [6.07, 6.45) is 1.66. The maximum absolute atomic E-state index is 14.2. The van der Waals surface area contributed by atoms with E-state index in [4.69, 9.17) is 0 Å². The molecule has 0 aliphatic carbocycles. The van der Waals surface area contributed by atoms with Crippen molar-refractivity contribution in [2.24, 2.45) is 0 Å². The largest absolute Gasteiger partial charge is 0.352 e. The van der Waals surface area contributed by atoms with Gasteiger partial charge in [-0.05, 0) is 37.3 Å². The molecule has 9 heteroatoms. The number of carbonyl (C=O) groups is 2. The molecule has 0 atom stereocenters. The second-order valence-electron chi connectivity index (χ2n) is 6.46. The average molecular weight is 440 g/mol. The first-order valence-electron chi connectivity index (χ1n) is 9.63. The van der Waals surface area contributed by atoms with E-state index >= 15 is 0 Å². The maximum Gasteiger partial charge on any atom is 0.251 e. The molecule has 3 rings (SSSR count). The van der Waals surface area contributed by atoms with Gasteiger partial charge in [-0.2, -0.15) is 0 Å². The lowest BCUT2D eigenvalue weighted by Crippen LogP contribution is -2.23. The van der Waals surface area contributed by atoms with E-state index in [9.17, 15) is 14.0 Å². The molecule has 7 nitrogen and oxygen atoms in total. The van der Waals surface area contributed by atoms with Crippen molar-refractivity contribution in [1.82, 2.24) is 20.1 Å². The van der Waals surface area contributed by atoms with Crippen LogP contribution in [0.4, 0.5) is 10.1 Å². The predicted octanol–water partition coefficient (Wildman–Crippen LogP) is 3.75. The van der Waals surface area contributed by atoms with Crippen molar-refractivity contribution in [1.29, 1.82) is 0 Å². The molecule has 160 valence electrons. The van der Waals surface area contributed by atoms with Gasteiger partial charge in [-0.3, -0.25) is 14.2 Å². The van der Waals surface area contributed by atoms with Crippen molar-refractivity contribution in [3.8, 4) is 11.4 Å². The quantitative estimate of drug-likeness (QED) is 0.392. The van der Waals surface area contributed by atoms with Crippen LogP contribution in [0.15, 0.2) is 66.3 Å². The summed E-state index contributed by atoms with van der Waals surface area (Å²) >= 11 is 1.18. The van der Waals surface area contributed by atoms with Crippen LogP contribution in [0.3, 0.4) is 0 Å². The van der Waals surface area contributed by atoms with Crippen molar-refractivity contribution in [3.05, 3.63) is 72.6 Å². The Morgan fingerprint density at radius 1 is 1.19 bits per heavy atom. The van der Waals surface area contributed by atoms with E-state index in [1.807, 2.05) is 6.92 Å². The van der Waals surface area contributed by atoms with Crippen LogP contribution in [0, 0.1) is 5.82 Å². The van der Waals surface area contributed by atoms with E-state index in [-0.39, 0.29) is 17.6 Å². The zero-order chi connectivity index (χ0) is 22.2. The lowest BCUT2D eigenvalue weighted by Gasteiger charge is -2.09. The highest BCUT2D eigenvalue weighted by atomic mass is 32.2. The van der Waals surface area contributed by atoms with Crippen molar-refractivity contribution >= 4 is 29.3 Å². The van der Waals surface area contributed by atoms with Gasteiger partial charge in [0.25, 0.3) is 5.91 Å². The number of nitrogens with one attached hydrogen (secondary N) is 2. The summed E-state index contributed by atoms with van der Waals surface area (Å²) in [5, 5.41) is 14.2. The molecule has 2 amide bonds. The van der Waals surface area contributed by atoms with Gasteiger partial charge < -0.3 is 10.6 Å². The highest BCUT2D eigenvalue weighted by Crippen LogP contribution is 2.26. The van der Waals surface area contributed by atoms with Gasteiger partial charge in [-0.1, -0.05) is 36.0 Å². The molecule has 2 aromatic carbocycles. The summed E-state index contributed by atoms with van der Waals surface area (Å²) in [5.74, 6) is -0.431. The van der Waals surface area contributed by atoms with Gasteiger partial charge >= 0.3 is 0 Å². The summed E-state index contributed by atoms with van der Waals surface area (Å²) in [6, 6.07) is 13.0. The van der Waals surface area contributed by atoms with Gasteiger partial charge in [-0.25, -0.2) is 4.39 Å². The van der Waals surface area contributed by atoms with Crippen LogP contribution in [0.2, 0.25) is 0 Å². The van der Waals surface area contributed by atoms with Crippen LogP contribution in [0.25, 0.3) is 11.4 Å². The number of allylic oxidation sites excluding steroid dienone is 1. The first kappa shape index (κ1) is 22.2. The Morgan fingerprint density at radius 3 is 2.74 bits per heavy atom. The number of halogens is 1. The van der Waals surface area contributed by atoms with Crippen LogP contribution in [0.5, 0.6) is 0 Å². The Kier molecular flexibility index (Phi) is 7.55. The first-order chi connectivity index (χ1) is 15.0. The van der Waals surface area contributed by atoms with Crippen molar-refractivity contribution < 1.29 is 14.0 Å². The van der Waals surface area contributed by atoms with Crippen LogP contribution in [-0.2, 0) is 11.3 Å². The molecular weight excluding hydrogens is 417 g/mol. The van der Waals surface area contributed by atoms with Crippen molar-refractivity contribution in [2.75, 3.05) is 17.6 Å². The third kappa shape index (κ3) is 5.58. The zero-order valence-electron chi connectivity index (χ0n) is 17.0. The Hall–Kier alpha value is -3.46. The van der Waals surface area contributed by atoms with Crippen molar-refractivity contribution in [3.63, 3.8) is 0 Å². The molecule has 0 radical (unpaired) electrons. The van der Waals surface area contributed by atoms with E-state index in [0.717, 1.165) is 0 Å². The SMILES string of the molecule is C=CCn1c(SCC(=O)Nc2cccc(C(=O)NCC)c2)nnc1-c1ccccc1F. The fraction of sp³-hybridized carbons (Fsp3) is 0.182. The highest BCUT2D eigenvalue weighted by Gasteiger charge is 2.17. The third-order valence-corrected chi connectivity index (χ3v) is 5.19. The predicted molar refractivity (Wildman–Crippen MR) is 119 cm³/mol. The van der Waals surface area contributed by atoms with Gasteiger partial charge in [-0.15, -0.1) is 16.8 Å². The summed E-state index contributed by atoms with van der Waals surface area (Å²) in [4.78, 5) is 24.4. The molecule has 3 aromatic rings. The van der Waals surface area contributed by atoms with Crippen LogP contribution in [-0.4, -0.2) is 38.9 Å². The molecule has 0 aliphatic heterocycles. The molecule has 0 saturated heterocycles. The Balaban J connectivity index is 1.69. The topological polar surface area (TPSA) is 88.9 Å². The molecule has 31 heavy (non-hydrogen) atoms. The number of rotatable bonds is 9. The minimum atomic E-state index is -0.401. The summed E-state index contributed by atoms with van der Waals surface area (Å²) in [5.41, 5.74) is 1.32. The number of benzene rings is 2. The van der Waals surface area contributed by atoms with Crippen LogP contribution >= 0.6 is 11.8 Å². The number of hydrogen-bond donors (Lipinski definition) is 2. The molecule has 0 fully saturated rings. The molecule has 1 aromatic heterocycles. The number of amides is 2. The zero-order valence-corrected chi connectivity index (χ0v) is 17.8. The first-order valence-corrected chi connectivity index (χ1v) is 10.6. The Labute approximate surface area is 183 Å². The molecule has 0 saturated carbocycles.